The number of amides is 1. The Morgan fingerprint density at radius 3 is 2.39 bits per heavy atom. The highest BCUT2D eigenvalue weighted by molar-refractivity contribution is 5.94. The van der Waals surface area contributed by atoms with Gasteiger partial charge >= 0.3 is 17.9 Å². The zero-order valence-corrected chi connectivity index (χ0v) is 26.1. The molecule has 0 saturated heterocycles. The molecule has 1 amide bonds. The van der Waals surface area contributed by atoms with Crippen molar-refractivity contribution in [1.29, 1.82) is 0 Å². The van der Waals surface area contributed by atoms with E-state index in [-0.39, 0.29) is 42.0 Å². The second kappa shape index (κ2) is 13.9. The Morgan fingerprint density at radius 1 is 0.957 bits per heavy atom. The van der Waals surface area contributed by atoms with Crippen molar-refractivity contribution in [2.45, 2.75) is 45.3 Å². The van der Waals surface area contributed by atoms with Gasteiger partial charge in [-0.1, -0.05) is 18.2 Å². The lowest BCUT2D eigenvalue weighted by Gasteiger charge is -2.40. The van der Waals surface area contributed by atoms with E-state index in [1.807, 2.05) is 25.1 Å². The summed E-state index contributed by atoms with van der Waals surface area (Å²) in [4.78, 5) is 32.9. The molecule has 0 fully saturated rings. The number of hydrogen-bond acceptors (Lipinski definition) is 9. The lowest BCUT2D eigenvalue weighted by Crippen LogP contribution is -2.62. The molecule has 4 rings (SSSR count). The summed E-state index contributed by atoms with van der Waals surface area (Å²) in [6, 6.07) is 17.5. The molecule has 1 atom stereocenters. The van der Waals surface area contributed by atoms with Crippen molar-refractivity contribution < 1.29 is 37.0 Å². The zero-order chi connectivity index (χ0) is 33.6. The summed E-state index contributed by atoms with van der Waals surface area (Å²) in [6.45, 7) is 5.31. The number of anilines is 2. The van der Waals surface area contributed by atoms with Crippen LogP contribution in [0.3, 0.4) is 0 Å². The van der Waals surface area contributed by atoms with Crippen molar-refractivity contribution >= 4 is 34.0 Å². The summed E-state index contributed by atoms with van der Waals surface area (Å²) in [6.07, 6.45) is -2.63. The van der Waals surface area contributed by atoms with Gasteiger partial charge in [0.05, 0.1) is 18.4 Å². The van der Waals surface area contributed by atoms with Gasteiger partial charge in [0, 0.05) is 49.7 Å². The Kier molecular flexibility index (Phi) is 10.3. The number of ether oxygens (including phenoxy) is 3. The number of halogens is 3. The topological polar surface area (TPSA) is 119 Å². The van der Waals surface area contributed by atoms with Crippen molar-refractivity contribution in [2.75, 3.05) is 30.6 Å². The number of hydrogen-bond donors (Lipinski definition) is 2. The third-order valence-corrected chi connectivity index (χ3v) is 6.90. The highest BCUT2D eigenvalue weighted by atomic mass is 19.4. The first kappa shape index (κ1) is 33.8. The fourth-order valence-electron chi connectivity index (χ4n) is 4.71. The quantitative estimate of drug-likeness (QED) is 0.0904. The molecule has 0 spiro atoms. The molecule has 0 radical (unpaired) electrons. The monoisotopic (exact) mass is 639 g/mol. The van der Waals surface area contributed by atoms with Crippen LogP contribution in [0.1, 0.15) is 31.9 Å². The van der Waals surface area contributed by atoms with Crippen molar-refractivity contribution in [1.82, 2.24) is 10.3 Å². The molecule has 46 heavy (non-hydrogen) atoms. The van der Waals surface area contributed by atoms with Crippen molar-refractivity contribution in [2.24, 2.45) is 5.84 Å². The Bertz CT molecular complexity index is 1700. The van der Waals surface area contributed by atoms with E-state index in [4.69, 9.17) is 20.1 Å². The molecule has 3 aromatic carbocycles. The van der Waals surface area contributed by atoms with Crippen LogP contribution in [0.25, 0.3) is 10.8 Å². The predicted octanol–water partition coefficient (Wildman–Crippen LogP) is 5.44. The van der Waals surface area contributed by atoms with Crippen LogP contribution in [0.5, 0.6) is 11.5 Å². The number of alkyl halides is 3. The summed E-state index contributed by atoms with van der Waals surface area (Å²) in [7, 11) is 3.68. The van der Waals surface area contributed by atoms with Gasteiger partial charge in [0.1, 0.15) is 0 Å². The Hall–Kier alpha value is -5.04. The van der Waals surface area contributed by atoms with E-state index in [0.29, 0.717) is 21.3 Å². The number of esters is 1. The molecular weight excluding hydrogens is 603 g/mol. The predicted molar refractivity (Wildman–Crippen MR) is 168 cm³/mol. The fraction of sp³-hybridized carbons (Fsp3) is 0.303. The number of rotatable bonds is 12. The minimum atomic E-state index is -5.47. The first-order valence-electron chi connectivity index (χ1n) is 14.4. The van der Waals surface area contributed by atoms with E-state index >= 15 is 0 Å². The first-order valence-corrected chi connectivity index (χ1v) is 14.4. The SMILES string of the molecule is CCOc1cc(C(OC(=O)C(F)(F)F)(C(=O)NCc2cccc(N(C)C)c2)N(N)c2ccc3cnccc3c2)ccc1OC(C)C. The first-order chi connectivity index (χ1) is 21.8. The van der Waals surface area contributed by atoms with Gasteiger partial charge in [-0.3, -0.25) is 14.8 Å². The van der Waals surface area contributed by atoms with E-state index in [1.165, 1.54) is 30.5 Å². The van der Waals surface area contributed by atoms with E-state index in [9.17, 15) is 22.8 Å². The third-order valence-electron chi connectivity index (χ3n) is 6.90. The number of nitrogens with two attached hydrogens (primary N) is 1. The molecule has 4 aromatic rings. The van der Waals surface area contributed by atoms with E-state index in [0.717, 1.165) is 5.69 Å². The van der Waals surface area contributed by atoms with Gasteiger partial charge < -0.3 is 24.4 Å². The molecule has 0 bridgehead atoms. The number of hydrazine groups is 1. The molecule has 244 valence electrons. The zero-order valence-electron chi connectivity index (χ0n) is 26.1. The summed E-state index contributed by atoms with van der Waals surface area (Å²) in [5, 5.41) is 4.67. The second-order valence-electron chi connectivity index (χ2n) is 10.8. The Morgan fingerprint density at radius 2 is 1.72 bits per heavy atom. The average molecular weight is 640 g/mol. The van der Waals surface area contributed by atoms with Gasteiger partial charge in [-0.05, 0) is 80.3 Å². The normalized spacial score (nSPS) is 12.7. The van der Waals surface area contributed by atoms with Crippen molar-refractivity contribution in [3.63, 3.8) is 0 Å². The molecule has 13 heteroatoms. The number of carbonyl (C=O) groups excluding carboxylic acids is 2. The van der Waals surface area contributed by atoms with Gasteiger partial charge in [0.2, 0.25) is 0 Å². The number of pyridine rings is 1. The van der Waals surface area contributed by atoms with Gasteiger partial charge in [-0.25, -0.2) is 10.6 Å². The van der Waals surface area contributed by atoms with Crippen LogP contribution in [-0.4, -0.2) is 49.8 Å². The second-order valence-corrected chi connectivity index (χ2v) is 10.8. The molecule has 0 aliphatic rings. The van der Waals surface area contributed by atoms with Gasteiger partial charge in [0.15, 0.2) is 11.5 Å². The summed E-state index contributed by atoms with van der Waals surface area (Å²) in [5.41, 5.74) is -1.57. The molecule has 0 aliphatic carbocycles. The molecule has 10 nitrogen and oxygen atoms in total. The molecule has 0 aliphatic heterocycles. The van der Waals surface area contributed by atoms with Crippen LogP contribution >= 0.6 is 0 Å². The molecule has 3 N–H and O–H groups in total. The highest BCUT2D eigenvalue weighted by Crippen LogP contribution is 2.40. The van der Waals surface area contributed by atoms with Gasteiger partial charge in [-0.15, -0.1) is 0 Å². The Labute approximate surface area is 264 Å². The highest BCUT2D eigenvalue weighted by Gasteiger charge is 2.55. The number of benzene rings is 3. The molecule has 1 aromatic heterocycles. The largest absolute Gasteiger partial charge is 0.491 e. The van der Waals surface area contributed by atoms with E-state index < -0.39 is 23.8 Å². The summed E-state index contributed by atoms with van der Waals surface area (Å²) < 4.78 is 58.4. The summed E-state index contributed by atoms with van der Waals surface area (Å²) >= 11 is 0. The Balaban J connectivity index is 1.93. The lowest BCUT2D eigenvalue weighted by molar-refractivity contribution is -0.216. The van der Waals surface area contributed by atoms with Crippen LogP contribution < -0.4 is 30.5 Å². The lowest BCUT2D eigenvalue weighted by atomic mass is 9.98. The molecule has 1 heterocycles. The van der Waals surface area contributed by atoms with E-state index in [1.54, 1.807) is 63.4 Å². The maximum absolute atomic E-state index is 14.4. The van der Waals surface area contributed by atoms with Gasteiger partial charge in [0.25, 0.3) is 5.91 Å². The number of carbonyl (C=O) groups is 2. The maximum atomic E-state index is 14.4. The van der Waals surface area contributed by atoms with Crippen LogP contribution in [0.2, 0.25) is 0 Å². The number of fused-ring (bicyclic) bond motifs is 1. The average Bonchev–Trinajstić information content (AvgIpc) is 3.02. The minimum absolute atomic E-state index is 0.0684. The number of aromatic nitrogens is 1. The minimum Gasteiger partial charge on any atom is -0.490 e. The van der Waals surface area contributed by atoms with Crippen LogP contribution in [-0.2, 0) is 26.6 Å². The number of nitrogens with one attached hydrogen (secondary N) is 1. The molecule has 0 saturated carbocycles. The van der Waals surface area contributed by atoms with Crippen molar-refractivity contribution in [3.8, 4) is 11.5 Å². The fourth-order valence-corrected chi connectivity index (χ4v) is 4.71. The number of nitrogens with zero attached hydrogens (tertiary/aromatic N) is 3. The van der Waals surface area contributed by atoms with E-state index in [2.05, 4.69) is 10.3 Å². The third kappa shape index (κ3) is 7.42. The maximum Gasteiger partial charge on any atom is 0.491 e. The van der Waals surface area contributed by atoms with Crippen LogP contribution in [0, 0.1) is 0 Å². The van der Waals surface area contributed by atoms with Crippen LogP contribution in [0.15, 0.2) is 79.1 Å². The summed E-state index contributed by atoms with van der Waals surface area (Å²) in [5.74, 6) is 3.20. The standard InChI is InChI=1S/C33H36F3N5O5/c1-6-44-29-18-25(11-13-28(29)45-21(2)3)32(46-31(43)33(34,35)36,30(42)39-19-22-8-7-9-26(16-22)40(4)5)41(37)27-12-10-24-20-38-15-14-23(24)17-27/h7-18,20-21H,6,19,37H2,1-5H3,(H,39,42). The molecule has 1 unspecified atom stereocenters. The molecular formula is C33H36F3N5O5. The van der Waals surface area contributed by atoms with Crippen molar-refractivity contribution in [3.05, 3.63) is 90.3 Å². The smallest absolute Gasteiger partial charge is 0.490 e. The van der Waals surface area contributed by atoms with Gasteiger partial charge in [-0.2, -0.15) is 13.2 Å². The van der Waals surface area contributed by atoms with Crippen LogP contribution in [0.4, 0.5) is 24.5 Å².